The van der Waals surface area contributed by atoms with Crippen molar-refractivity contribution in [2.45, 2.75) is 38.7 Å². The van der Waals surface area contributed by atoms with Crippen molar-refractivity contribution in [3.05, 3.63) is 29.8 Å². The van der Waals surface area contributed by atoms with E-state index < -0.39 is 16.1 Å². The minimum Gasteiger partial charge on any atom is -0.389 e. The minimum absolute atomic E-state index is 0.107. The number of aliphatic hydroxyl groups excluding tert-OH is 1. The van der Waals surface area contributed by atoms with Crippen LogP contribution in [0.3, 0.4) is 0 Å². The van der Waals surface area contributed by atoms with Gasteiger partial charge in [0, 0.05) is 13.6 Å². The molecule has 0 aliphatic rings. The molecule has 108 valence electrons. The van der Waals surface area contributed by atoms with Gasteiger partial charge in [0.05, 0.1) is 11.0 Å². The third kappa shape index (κ3) is 4.30. The zero-order valence-electron chi connectivity index (χ0n) is 12.2. The quantitative estimate of drug-likeness (QED) is 0.924. The summed E-state index contributed by atoms with van der Waals surface area (Å²) in [5.41, 5.74) is 0.495. The van der Waals surface area contributed by atoms with Crippen LogP contribution in [0.15, 0.2) is 29.2 Å². The third-order valence-corrected chi connectivity index (χ3v) is 4.55. The molecule has 0 aromatic heterocycles. The molecule has 1 unspecified atom stereocenters. The van der Waals surface area contributed by atoms with E-state index in [0.717, 1.165) is 0 Å². The van der Waals surface area contributed by atoms with E-state index in [1.165, 1.54) is 10.4 Å². The summed E-state index contributed by atoms with van der Waals surface area (Å²) in [6.45, 7) is 8.03. The fourth-order valence-electron chi connectivity index (χ4n) is 1.87. The average Bonchev–Trinajstić information content (AvgIpc) is 2.26. The lowest BCUT2D eigenvalue weighted by Gasteiger charge is -2.26. The minimum atomic E-state index is -3.51. The number of hydrogen-bond donors (Lipinski definition) is 1. The summed E-state index contributed by atoms with van der Waals surface area (Å²) in [6, 6.07) is 6.45. The summed E-state index contributed by atoms with van der Waals surface area (Å²) in [5, 5.41) is 9.53. The molecule has 0 bridgehead atoms. The van der Waals surface area contributed by atoms with Crippen molar-refractivity contribution in [1.82, 2.24) is 4.31 Å². The van der Waals surface area contributed by atoms with Crippen molar-refractivity contribution in [3.8, 4) is 0 Å². The van der Waals surface area contributed by atoms with Crippen LogP contribution in [0, 0.1) is 5.41 Å². The van der Waals surface area contributed by atoms with Crippen molar-refractivity contribution in [2.75, 3.05) is 13.6 Å². The number of hydrogen-bond acceptors (Lipinski definition) is 3. The molecule has 1 atom stereocenters. The van der Waals surface area contributed by atoms with Gasteiger partial charge in [0.15, 0.2) is 0 Å². The molecule has 19 heavy (non-hydrogen) atoms. The summed E-state index contributed by atoms with van der Waals surface area (Å²) in [5.74, 6) is 0. The molecule has 0 aliphatic heterocycles. The molecule has 0 radical (unpaired) electrons. The van der Waals surface area contributed by atoms with Crippen molar-refractivity contribution >= 4 is 10.0 Å². The van der Waals surface area contributed by atoms with E-state index in [2.05, 4.69) is 0 Å². The van der Waals surface area contributed by atoms with E-state index in [1.807, 2.05) is 20.8 Å². The monoisotopic (exact) mass is 285 g/mol. The number of benzene rings is 1. The molecule has 1 aromatic rings. The molecule has 1 aromatic carbocycles. The lowest BCUT2D eigenvalue weighted by molar-refractivity contribution is 0.199. The van der Waals surface area contributed by atoms with Gasteiger partial charge >= 0.3 is 0 Å². The van der Waals surface area contributed by atoms with Gasteiger partial charge in [-0.2, -0.15) is 0 Å². The van der Waals surface area contributed by atoms with Crippen molar-refractivity contribution < 1.29 is 13.5 Å². The molecular weight excluding hydrogens is 262 g/mol. The van der Waals surface area contributed by atoms with Crippen LogP contribution in [0.2, 0.25) is 0 Å². The third-order valence-electron chi connectivity index (χ3n) is 2.75. The molecule has 1 rings (SSSR count). The number of aliphatic hydroxyl groups is 1. The maximum absolute atomic E-state index is 12.4. The predicted octanol–water partition coefficient (Wildman–Crippen LogP) is 2.41. The summed E-state index contributed by atoms with van der Waals surface area (Å²) in [4.78, 5) is 0.220. The molecule has 5 heteroatoms. The summed E-state index contributed by atoms with van der Waals surface area (Å²) in [6.07, 6.45) is -0.678. The van der Waals surface area contributed by atoms with E-state index in [-0.39, 0.29) is 10.3 Å². The van der Waals surface area contributed by atoms with Gasteiger partial charge in [-0.05, 0) is 30.0 Å². The zero-order valence-corrected chi connectivity index (χ0v) is 13.0. The van der Waals surface area contributed by atoms with Gasteiger partial charge in [-0.1, -0.05) is 32.9 Å². The summed E-state index contributed by atoms with van der Waals surface area (Å²) in [7, 11) is -1.93. The van der Waals surface area contributed by atoms with Gasteiger partial charge in [0.1, 0.15) is 0 Å². The van der Waals surface area contributed by atoms with E-state index in [0.29, 0.717) is 12.1 Å². The lowest BCUT2D eigenvalue weighted by atomic mass is 9.97. The first kappa shape index (κ1) is 16.1. The fraction of sp³-hybridized carbons (Fsp3) is 0.571. The Balaban J connectivity index is 3.10. The van der Waals surface area contributed by atoms with Crippen LogP contribution in [-0.2, 0) is 10.0 Å². The largest absolute Gasteiger partial charge is 0.389 e. The molecule has 4 nitrogen and oxygen atoms in total. The Morgan fingerprint density at radius 1 is 1.32 bits per heavy atom. The first-order valence-electron chi connectivity index (χ1n) is 6.28. The molecule has 0 spiro atoms. The van der Waals surface area contributed by atoms with Crippen LogP contribution < -0.4 is 0 Å². The summed E-state index contributed by atoms with van der Waals surface area (Å²) < 4.78 is 26.2. The highest BCUT2D eigenvalue weighted by Crippen LogP contribution is 2.23. The van der Waals surface area contributed by atoms with Gasteiger partial charge in [-0.15, -0.1) is 0 Å². The van der Waals surface area contributed by atoms with E-state index >= 15 is 0 Å². The Bertz CT molecular complexity index is 530. The molecule has 0 aliphatic carbocycles. The smallest absolute Gasteiger partial charge is 0.242 e. The highest BCUT2D eigenvalue weighted by Gasteiger charge is 2.25. The van der Waals surface area contributed by atoms with Crippen LogP contribution in [0.4, 0.5) is 0 Å². The standard InChI is InChI=1S/C14H23NO3S/c1-11(16)12-7-6-8-13(9-12)19(17,18)15(5)10-14(2,3)4/h6-9,11,16H,10H2,1-5H3. The first-order valence-corrected chi connectivity index (χ1v) is 7.72. The summed E-state index contributed by atoms with van der Waals surface area (Å²) >= 11 is 0. The molecule has 0 fully saturated rings. The highest BCUT2D eigenvalue weighted by molar-refractivity contribution is 7.89. The molecular formula is C14H23NO3S. The Kier molecular flexibility index (Phi) is 4.76. The van der Waals surface area contributed by atoms with E-state index in [4.69, 9.17) is 0 Å². The average molecular weight is 285 g/mol. The normalized spacial score (nSPS) is 14.7. The molecule has 0 saturated carbocycles. The predicted molar refractivity (Wildman–Crippen MR) is 76.3 cm³/mol. The second kappa shape index (κ2) is 5.61. The van der Waals surface area contributed by atoms with Gasteiger partial charge < -0.3 is 5.11 Å². The molecule has 0 saturated heterocycles. The highest BCUT2D eigenvalue weighted by atomic mass is 32.2. The van der Waals surface area contributed by atoms with Gasteiger partial charge in [-0.25, -0.2) is 12.7 Å². The van der Waals surface area contributed by atoms with Gasteiger partial charge in [0.2, 0.25) is 10.0 Å². The maximum atomic E-state index is 12.4. The van der Waals surface area contributed by atoms with Crippen LogP contribution in [0.25, 0.3) is 0 Å². The Morgan fingerprint density at radius 3 is 2.37 bits per heavy atom. The topological polar surface area (TPSA) is 57.6 Å². The second-order valence-electron chi connectivity index (χ2n) is 6.07. The number of nitrogens with zero attached hydrogens (tertiary/aromatic N) is 1. The van der Waals surface area contributed by atoms with E-state index in [9.17, 15) is 13.5 Å². The Morgan fingerprint density at radius 2 is 1.89 bits per heavy atom. The maximum Gasteiger partial charge on any atom is 0.242 e. The molecule has 1 N–H and O–H groups in total. The SMILES string of the molecule is CC(O)c1cccc(S(=O)(=O)N(C)CC(C)(C)C)c1. The number of rotatable bonds is 4. The van der Waals surface area contributed by atoms with Crippen LogP contribution in [-0.4, -0.2) is 31.4 Å². The van der Waals surface area contributed by atoms with Crippen molar-refractivity contribution in [3.63, 3.8) is 0 Å². The second-order valence-corrected chi connectivity index (χ2v) is 8.12. The van der Waals surface area contributed by atoms with Crippen LogP contribution in [0.1, 0.15) is 39.4 Å². The lowest BCUT2D eigenvalue weighted by Crippen LogP contribution is -2.34. The Labute approximate surface area is 116 Å². The van der Waals surface area contributed by atoms with Gasteiger partial charge in [0.25, 0.3) is 0 Å². The van der Waals surface area contributed by atoms with Crippen molar-refractivity contribution in [2.24, 2.45) is 5.41 Å². The molecule has 0 heterocycles. The first-order chi connectivity index (χ1) is 8.54. The molecule has 0 amide bonds. The van der Waals surface area contributed by atoms with Crippen molar-refractivity contribution in [1.29, 1.82) is 0 Å². The fourth-order valence-corrected chi connectivity index (χ4v) is 3.32. The Hall–Kier alpha value is -0.910. The van der Waals surface area contributed by atoms with Crippen LogP contribution in [0.5, 0.6) is 0 Å². The van der Waals surface area contributed by atoms with Gasteiger partial charge in [-0.3, -0.25) is 0 Å². The van der Waals surface area contributed by atoms with E-state index in [1.54, 1.807) is 32.2 Å². The van der Waals surface area contributed by atoms with Crippen LogP contribution >= 0.6 is 0 Å². The number of sulfonamides is 1. The zero-order chi connectivity index (χ0) is 14.8.